The Morgan fingerprint density at radius 2 is 1.79 bits per heavy atom. The van der Waals surface area contributed by atoms with Gasteiger partial charge in [0.15, 0.2) is 0 Å². The topological polar surface area (TPSA) is 84.9 Å². The Balaban J connectivity index is 2.12. The number of carbonyl (C=O) groups excluding carboxylic acids is 1. The average molecular weight is 407 g/mol. The van der Waals surface area contributed by atoms with E-state index in [2.05, 4.69) is 5.32 Å². The van der Waals surface area contributed by atoms with E-state index in [9.17, 15) is 13.2 Å². The first-order valence-corrected chi connectivity index (χ1v) is 10.6. The van der Waals surface area contributed by atoms with Crippen LogP contribution in [0.4, 0.5) is 0 Å². The molecule has 1 N–H and O–H groups in total. The minimum absolute atomic E-state index is 0.129. The molecule has 2 aromatic carbocycles. The van der Waals surface area contributed by atoms with Crippen LogP contribution in [0, 0.1) is 0 Å². The molecule has 0 aromatic heterocycles. The number of ether oxygens (including phenoxy) is 2. The Morgan fingerprint density at radius 3 is 2.36 bits per heavy atom. The summed E-state index contributed by atoms with van der Waals surface area (Å²) in [7, 11) is -0.450. The minimum atomic E-state index is -3.55. The molecular formula is C20H26N2O5S. The molecule has 2 rings (SSSR count). The van der Waals surface area contributed by atoms with Gasteiger partial charge in [0, 0.05) is 12.1 Å². The number of hydrogen-bond donors (Lipinski definition) is 1. The lowest BCUT2D eigenvalue weighted by Gasteiger charge is -2.22. The number of amides is 1. The Bertz CT molecular complexity index is 900. The van der Waals surface area contributed by atoms with Crippen LogP contribution >= 0.6 is 0 Å². The number of nitrogens with zero attached hydrogens (tertiary/aromatic N) is 1. The van der Waals surface area contributed by atoms with Crippen molar-refractivity contribution < 1.29 is 22.7 Å². The van der Waals surface area contributed by atoms with Crippen molar-refractivity contribution >= 4 is 15.9 Å². The van der Waals surface area contributed by atoms with Gasteiger partial charge in [-0.3, -0.25) is 4.79 Å². The van der Waals surface area contributed by atoms with Gasteiger partial charge in [0.2, 0.25) is 15.9 Å². The van der Waals surface area contributed by atoms with E-state index in [0.29, 0.717) is 11.5 Å². The number of carbonyl (C=O) groups is 1. The third-order valence-corrected chi connectivity index (χ3v) is 5.47. The molecule has 0 spiro atoms. The van der Waals surface area contributed by atoms with E-state index in [0.717, 1.165) is 21.7 Å². The molecule has 0 aliphatic rings. The largest absolute Gasteiger partial charge is 0.497 e. The molecule has 0 saturated carbocycles. The SMILES string of the molecule is COc1ccc(OC)c(C(C)NC(=O)CN(Cc2ccccc2)S(C)(=O)=O)c1. The number of sulfonamides is 1. The molecule has 7 nitrogen and oxygen atoms in total. The zero-order valence-electron chi connectivity index (χ0n) is 16.5. The van der Waals surface area contributed by atoms with Crippen LogP contribution in [0.2, 0.25) is 0 Å². The molecule has 152 valence electrons. The van der Waals surface area contributed by atoms with Gasteiger partial charge >= 0.3 is 0 Å². The summed E-state index contributed by atoms with van der Waals surface area (Å²) in [4.78, 5) is 12.5. The highest BCUT2D eigenvalue weighted by atomic mass is 32.2. The van der Waals surface area contributed by atoms with Gasteiger partial charge in [-0.05, 0) is 30.7 Å². The van der Waals surface area contributed by atoms with E-state index < -0.39 is 22.0 Å². The predicted octanol–water partition coefficient (Wildman–Crippen LogP) is 2.34. The molecule has 0 aliphatic heterocycles. The maximum absolute atomic E-state index is 12.5. The van der Waals surface area contributed by atoms with Crippen LogP contribution in [0.1, 0.15) is 24.1 Å². The van der Waals surface area contributed by atoms with Crippen LogP contribution in [0.3, 0.4) is 0 Å². The highest BCUT2D eigenvalue weighted by molar-refractivity contribution is 7.88. The van der Waals surface area contributed by atoms with Crippen molar-refractivity contribution in [3.63, 3.8) is 0 Å². The van der Waals surface area contributed by atoms with E-state index in [1.54, 1.807) is 39.3 Å². The Kier molecular flexibility index (Phi) is 7.42. The first kappa shape index (κ1) is 21.7. The monoisotopic (exact) mass is 406 g/mol. The van der Waals surface area contributed by atoms with E-state index in [1.807, 2.05) is 30.3 Å². The number of hydrogen-bond acceptors (Lipinski definition) is 5. The lowest BCUT2D eigenvalue weighted by atomic mass is 10.1. The van der Waals surface area contributed by atoms with Crippen LogP contribution in [0.5, 0.6) is 11.5 Å². The fourth-order valence-corrected chi connectivity index (χ4v) is 3.52. The Morgan fingerprint density at radius 1 is 1.11 bits per heavy atom. The van der Waals surface area contributed by atoms with Crippen LogP contribution in [0.25, 0.3) is 0 Å². The van der Waals surface area contributed by atoms with E-state index >= 15 is 0 Å². The molecule has 0 radical (unpaired) electrons. The number of rotatable bonds is 9. The molecular weight excluding hydrogens is 380 g/mol. The lowest BCUT2D eigenvalue weighted by Crippen LogP contribution is -2.40. The lowest BCUT2D eigenvalue weighted by molar-refractivity contribution is -0.122. The second kappa shape index (κ2) is 9.57. The van der Waals surface area contributed by atoms with E-state index in [4.69, 9.17) is 9.47 Å². The Labute approximate surface area is 166 Å². The summed E-state index contributed by atoms with van der Waals surface area (Å²) in [6, 6.07) is 14.1. The van der Waals surface area contributed by atoms with Crippen LogP contribution in [-0.4, -0.2) is 45.7 Å². The molecule has 8 heteroatoms. The first-order valence-electron chi connectivity index (χ1n) is 8.75. The molecule has 0 saturated heterocycles. The molecule has 0 heterocycles. The van der Waals surface area contributed by atoms with Gasteiger partial charge in [0.05, 0.1) is 33.1 Å². The molecule has 1 atom stereocenters. The van der Waals surface area contributed by atoms with Gasteiger partial charge < -0.3 is 14.8 Å². The number of nitrogens with one attached hydrogen (secondary N) is 1. The maximum Gasteiger partial charge on any atom is 0.235 e. The zero-order chi connectivity index (χ0) is 20.7. The highest BCUT2D eigenvalue weighted by Gasteiger charge is 2.22. The molecule has 1 amide bonds. The molecule has 0 bridgehead atoms. The van der Waals surface area contributed by atoms with Crippen LogP contribution < -0.4 is 14.8 Å². The highest BCUT2D eigenvalue weighted by Crippen LogP contribution is 2.29. The van der Waals surface area contributed by atoms with Crippen LogP contribution in [0.15, 0.2) is 48.5 Å². The van der Waals surface area contributed by atoms with Gasteiger partial charge in [-0.2, -0.15) is 4.31 Å². The van der Waals surface area contributed by atoms with Crippen molar-refractivity contribution in [1.82, 2.24) is 9.62 Å². The third kappa shape index (κ3) is 5.97. The second-order valence-electron chi connectivity index (χ2n) is 6.41. The summed E-state index contributed by atoms with van der Waals surface area (Å²) in [6.45, 7) is 1.66. The standard InChI is InChI=1S/C20H26N2O5S/c1-15(18-12-17(26-2)10-11-19(18)27-3)21-20(23)14-22(28(4,24)25)13-16-8-6-5-7-9-16/h5-12,15H,13-14H2,1-4H3,(H,21,23). The smallest absolute Gasteiger partial charge is 0.235 e. The minimum Gasteiger partial charge on any atom is -0.497 e. The van der Waals surface area contributed by atoms with Gasteiger partial charge in [-0.25, -0.2) is 8.42 Å². The van der Waals surface area contributed by atoms with Crippen molar-refractivity contribution in [2.24, 2.45) is 0 Å². The second-order valence-corrected chi connectivity index (χ2v) is 8.40. The summed E-state index contributed by atoms with van der Waals surface area (Å²) in [5.74, 6) is 0.843. The number of benzene rings is 2. The summed E-state index contributed by atoms with van der Waals surface area (Å²) < 4.78 is 36.0. The van der Waals surface area contributed by atoms with Crippen LogP contribution in [-0.2, 0) is 21.4 Å². The van der Waals surface area contributed by atoms with Crippen molar-refractivity contribution in [2.75, 3.05) is 27.0 Å². The van der Waals surface area contributed by atoms with Gasteiger partial charge in [-0.15, -0.1) is 0 Å². The fraction of sp³-hybridized carbons (Fsp3) is 0.350. The average Bonchev–Trinajstić information content (AvgIpc) is 2.67. The summed E-state index contributed by atoms with van der Waals surface area (Å²) >= 11 is 0. The number of methoxy groups -OCH3 is 2. The quantitative estimate of drug-likeness (QED) is 0.691. The predicted molar refractivity (Wildman–Crippen MR) is 108 cm³/mol. The normalized spacial score (nSPS) is 12.5. The van der Waals surface area contributed by atoms with Crippen molar-refractivity contribution in [3.8, 4) is 11.5 Å². The van der Waals surface area contributed by atoms with Gasteiger partial charge in [0.1, 0.15) is 11.5 Å². The fourth-order valence-electron chi connectivity index (χ4n) is 2.78. The van der Waals surface area contributed by atoms with E-state index in [1.165, 1.54) is 0 Å². The molecule has 2 aromatic rings. The summed E-state index contributed by atoms with van der Waals surface area (Å²) in [5.41, 5.74) is 1.55. The van der Waals surface area contributed by atoms with Crippen molar-refractivity contribution in [1.29, 1.82) is 0 Å². The molecule has 1 unspecified atom stereocenters. The first-order chi connectivity index (χ1) is 13.2. The summed E-state index contributed by atoms with van der Waals surface area (Å²) in [6.07, 6.45) is 1.09. The van der Waals surface area contributed by atoms with Crippen molar-refractivity contribution in [3.05, 3.63) is 59.7 Å². The molecule has 0 aliphatic carbocycles. The van der Waals surface area contributed by atoms with Gasteiger partial charge in [0.25, 0.3) is 0 Å². The molecule has 0 fully saturated rings. The van der Waals surface area contributed by atoms with Gasteiger partial charge in [-0.1, -0.05) is 30.3 Å². The maximum atomic E-state index is 12.5. The Hall–Kier alpha value is -2.58. The molecule has 28 heavy (non-hydrogen) atoms. The zero-order valence-corrected chi connectivity index (χ0v) is 17.3. The van der Waals surface area contributed by atoms with E-state index in [-0.39, 0.29) is 13.1 Å². The van der Waals surface area contributed by atoms with Crippen molar-refractivity contribution in [2.45, 2.75) is 19.5 Å². The third-order valence-electron chi connectivity index (χ3n) is 4.27. The summed E-state index contributed by atoms with van der Waals surface area (Å²) in [5, 5.41) is 2.83.